The van der Waals surface area contributed by atoms with Crippen molar-refractivity contribution in [2.75, 3.05) is 29.5 Å². The summed E-state index contributed by atoms with van der Waals surface area (Å²) in [7, 11) is -3.85. The number of benzene rings is 2. The third kappa shape index (κ3) is 4.59. The molecular formula is C21H22ClN3O4S2. The highest BCUT2D eigenvalue weighted by Gasteiger charge is 2.46. The Labute approximate surface area is 190 Å². The van der Waals surface area contributed by atoms with Crippen LogP contribution in [0.4, 0.5) is 5.69 Å². The Morgan fingerprint density at radius 3 is 2.23 bits per heavy atom. The zero-order chi connectivity index (χ0) is 22.2. The van der Waals surface area contributed by atoms with E-state index in [1.54, 1.807) is 29.2 Å². The molecule has 2 aromatic carbocycles. The van der Waals surface area contributed by atoms with Gasteiger partial charge in [0.2, 0.25) is 21.8 Å². The first kappa shape index (κ1) is 22.1. The van der Waals surface area contributed by atoms with Gasteiger partial charge in [0.1, 0.15) is 0 Å². The molecule has 31 heavy (non-hydrogen) atoms. The zero-order valence-electron chi connectivity index (χ0n) is 16.6. The minimum atomic E-state index is -3.85. The largest absolute Gasteiger partial charge is 0.341 e. The van der Waals surface area contributed by atoms with Gasteiger partial charge >= 0.3 is 0 Å². The van der Waals surface area contributed by atoms with E-state index < -0.39 is 22.0 Å². The van der Waals surface area contributed by atoms with Crippen molar-refractivity contribution in [3.63, 3.8) is 0 Å². The zero-order valence-corrected chi connectivity index (χ0v) is 19.0. The van der Waals surface area contributed by atoms with E-state index in [1.807, 2.05) is 28.8 Å². The van der Waals surface area contributed by atoms with Crippen LogP contribution < -0.4 is 10.0 Å². The molecule has 7 nitrogen and oxygen atoms in total. The van der Waals surface area contributed by atoms with Crippen molar-refractivity contribution in [1.82, 2.24) is 4.90 Å². The second-order valence-electron chi connectivity index (χ2n) is 7.55. The summed E-state index contributed by atoms with van der Waals surface area (Å²) in [5, 5.41) is 5.75. The van der Waals surface area contributed by atoms with E-state index in [1.165, 1.54) is 12.1 Å². The van der Waals surface area contributed by atoms with E-state index >= 15 is 0 Å². The SMILES string of the molecule is NS(=O)(=O)c1ccc(N2C(=O)C[C@H](C(=O)N3CCSCC3)[C@H]2c2ccc(Cl)cc2)cc1. The van der Waals surface area contributed by atoms with Gasteiger partial charge in [0.25, 0.3) is 0 Å². The Morgan fingerprint density at radius 2 is 1.65 bits per heavy atom. The summed E-state index contributed by atoms with van der Waals surface area (Å²) < 4.78 is 23.2. The molecule has 2 aromatic rings. The smallest absolute Gasteiger partial charge is 0.238 e. The lowest BCUT2D eigenvalue weighted by Crippen LogP contribution is -2.43. The number of hydrogen-bond acceptors (Lipinski definition) is 5. The molecule has 2 amide bonds. The van der Waals surface area contributed by atoms with Crippen LogP contribution in [-0.4, -0.2) is 49.7 Å². The Bertz CT molecular complexity index is 1080. The molecule has 0 unspecified atom stereocenters. The van der Waals surface area contributed by atoms with E-state index in [0.29, 0.717) is 23.8 Å². The van der Waals surface area contributed by atoms with Gasteiger partial charge in [-0.1, -0.05) is 23.7 Å². The van der Waals surface area contributed by atoms with Crippen molar-refractivity contribution in [3.8, 4) is 0 Å². The van der Waals surface area contributed by atoms with Gasteiger partial charge in [-0.05, 0) is 42.0 Å². The topological polar surface area (TPSA) is 101 Å². The van der Waals surface area contributed by atoms with Crippen LogP contribution >= 0.6 is 23.4 Å². The summed E-state index contributed by atoms with van der Waals surface area (Å²) in [6, 6.07) is 12.4. The molecule has 0 spiro atoms. The van der Waals surface area contributed by atoms with Gasteiger partial charge in [-0.3, -0.25) is 9.59 Å². The van der Waals surface area contributed by atoms with Crippen LogP contribution in [0.5, 0.6) is 0 Å². The predicted octanol–water partition coefficient (Wildman–Crippen LogP) is 2.66. The number of halogens is 1. The highest BCUT2D eigenvalue weighted by atomic mass is 35.5. The number of hydrogen-bond donors (Lipinski definition) is 1. The molecule has 0 radical (unpaired) electrons. The molecule has 10 heteroatoms. The number of carbonyl (C=O) groups excluding carboxylic acids is 2. The van der Waals surface area contributed by atoms with Gasteiger partial charge < -0.3 is 9.80 Å². The monoisotopic (exact) mass is 479 g/mol. The summed E-state index contributed by atoms with van der Waals surface area (Å²) in [5.41, 5.74) is 1.32. The molecule has 2 saturated heterocycles. The standard InChI is InChI=1S/C21H22ClN3O4S2/c22-15-3-1-14(2-4-15)20-18(21(27)24-9-11-30-12-10-24)13-19(26)25(20)16-5-7-17(8-6-16)31(23,28)29/h1-8,18,20H,9-13H2,(H2,23,28,29)/t18-,20+/m0/s1. The molecule has 2 aliphatic heterocycles. The van der Waals surface area contributed by atoms with Gasteiger partial charge in [0.05, 0.1) is 16.9 Å². The maximum absolute atomic E-state index is 13.4. The fraction of sp³-hybridized carbons (Fsp3) is 0.333. The van der Waals surface area contributed by atoms with Crippen molar-refractivity contribution in [2.45, 2.75) is 17.4 Å². The number of nitrogens with zero attached hydrogens (tertiary/aromatic N) is 2. The van der Waals surface area contributed by atoms with Crippen LogP contribution in [0.1, 0.15) is 18.0 Å². The van der Waals surface area contributed by atoms with Crippen molar-refractivity contribution in [2.24, 2.45) is 11.1 Å². The molecule has 2 aliphatic rings. The highest BCUT2D eigenvalue weighted by Crippen LogP contribution is 2.42. The molecule has 0 saturated carbocycles. The van der Waals surface area contributed by atoms with Crippen molar-refractivity contribution < 1.29 is 18.0 Å². The second-order valence-corrected chi connectivity index (χ2v) is 10.8. The molecule has 0 aromatic heterocycles. The van der Waals surface area contributed by atoms with E-state index in [9.17, 15) is 18.0 Å². The van der Waals surface area contributed by atoms with Crippen LogP contribution in [-0.2, 0) is 19.6 Å². The van der Waals surface area contributed by atoms with E-state index in [0.717, 1.165) is 17.1 Å². The molecule has 2 atom stereocenters. The minimum Gasteiger partial charge on any atom is -0.341 e. The molecule has 164 valence electrons. The Balaban J connectivity index is 1.73. The molecule has 2 fully saturated rings. The summed E-state index contributed by atoms with van der Waals surface area (Å²) in [6.45, 7) is 1.34. The van der Waals surface area contributed by atoms with Crippen molar-refractivity contribution in [3.05, 3.63) is 59.1 Å². The van der Waals surface area contributed by atoms with Gasteiger partial charge in [-0.15, -0.1) is 0 Å². The maximum atomic E-state index is 13.4. The minimum absolute atomic E-state index is 0.0303. The highest BCUT2D eigenvalue weighted by molar-refractivity contribution is 7.99. The quantitative estimate of drug-likeness (QED) is 0.726. The van der Waals surface area contributed by atoms with E-state index in [4.69, 9.17) is 16.7 Å². The van der Waals surface area contributed by atoms with Crippen LogP contribution in [0.25, 0.3) is 0 Å². The van der Waals surface area contributed by atoms with Gasteiger partial charge in [0.15, 0.2) is 0 Å². The molecule has 4 rings (SSSR count). The Kier molecular flexibility index (Phi) is 6.30. The first-order chi connectivity index (χ1) is 14.8. The second kappa shape index (κ2) is 8.82. The average Bonchev–Trinajstić information content (AvgIpc) is 3.11. The molecule has 0 aliphatic carbocycles. The van der Waals surface area contributed by atoms with Gasteiger partial charge in [-0.2, -0.15) is 11.8 Å². The van der Waals surface area contributed by atoms with Crippen LogP contribution in [0, 0.1) is 5.92 Å². The molecular weight excluding hydrogens is 458 g/mol. The fourth-order valence-electron chi connectivity index (χ4n) is 4.12. The molecule has 2 N–H and O–H groups in total. The number of sulfonamides is 1. The number of carbonyl (C=O) groups is 2. The van der Waals surface area contributed by atoms with Gasteiger partial charge in [0, 0.05) is 41.7 Å². The third-order valence-corrected chi connectivity index (χ3v) is 7.74. The summed E-state index contributed by atoms with van der Waals surface area (Å²) in [5.74, 6) is 1.02. The van der Waals surface area contributed by atoms with Crippen molar-refractivity contribution >= 4 is 50.9 Å². The number of thioether (sulfide) groups is 1. The van der Waals surface area contributed by atoms with E-state index in [2.05, 4.69) is 0 Å². The lowest BCUT2D eigenvalue weighted by atomic mass is 9.92. The number of primary sulfonamides is 1. The maximum Gasteiger partial charge on any atom is 0.238 e. The Morgan fingerprint density at radius 1 is 1.03 bits per heavy atom. The predicted molar refractivity (Wildman–Crippen MR) is 122 cm³/mol. The first-order valence-electron chi connectivity index (χ1n) is 9.82. The third-order valence-electron chi connectivity index (χ3n) is 5.62. The Hall–Kier alpha value is -2.07. The summed E-state index contributed by atoms with van der Waals surface area (Å²) in [4.78, 5) is 29.8. The normalized spacial score (nSPS) is 22.1. The summed E-state index contributed by atoms with van der Waals surface area (Å²) in [6.07, 6.45) is 0.0900. The van der Waals surface area contributed by atoms with Crippen LogP contribution in [0.3, 0.4) is 0 Å². The lowest BCUT2D eigenvalue weighted by molar-refractivity contribution is -0.136. The van der Waals surface area contributed by atoms with Crippen molar-refractivity contribution in [1.29, 1.82) is 0 Å². The molecule has 0 bridgehead atoms. The van der Waals surface area contributed by atoms with E-state index in [-0.39, 0.29) is 23.1 Å². The van der Waals surface area contributed by atoms with Gasteiger partial charge in [-0.25, -0.2) is 13.6 Å². The number of nitrogens with two attached hydrogens (primary N) is 1. The average molecular weight is 480 g/mol. The number of anilines is 1. The fourth-order valence-corrected chi connectivity index (χ4v) is 5.66. The lowest BCUT2D eigenvalue weighted by Gasteiger charge is -2.33. The van der Waals surface area contributed by atoms with Crippen LogP contribution in [0.15, 0.2) is 53.4 Å². The molecule has 2 heterocycles. The van der Waals surface area contributed by atoms with Crippen LogP contribution in [0.2, 0.25) is 5.02 Å². The number of amides is 2. The summed E-state index contributed by atoms with van der Waals surface area (Å²) >= 11 is 7.87. The first-order valence-corrected chi connectivity index (χ1v) is 12.9. The number of rotatable bonds is 4.